The standard InChI is InChI=1S/C14H13N5O/c15-10-13-16-6-9-18(13)7-3-8-19-12-5-2-1-4-11(12)17-14(19)20/h1-2,4-6,9H,3,7-8H2,(H,17,20). The van der Waals surface area contributed by atoms with Crippen molar-refractivity contribution in [2.75, 3.05) is 0 Å². The van der Waals surface area contributed by atoms with E-state index in [1.807, 2.05) is 30.3 Å². The number of rotatable bonds is 4. The van der Waals surface area contributed by atoms with Crippen LogP contribution in [-0.4, -0.2) is 19.1 Å². The first-order valence-electron chi connectivity index (χ1n) is 6.38. The van der Waals surface area contributed by atoms with Gasteiger partial charge in [0.1, 0.15) is 6.07 Å². The van der Waals surface area contributed by atoms with Crippen molar-refractivity contribution in [2.45, 2.75) is 19.5 Å². The minimum Gasteiger partial charge on any atom is -0.323 e. The lowest BCUT2D eigenvalue weighted by atomic mass is 10.3. The van der Waals surface area contributed by atoms with E-state index in [1.165, 1.54) is 0 Å². The molecule has 0 saturated carbocycles. The van der Waals surface area contributed by atoms with Crippen LogP contribution in [0.3, 0.4) is 0 Å². The molecule has 2 aromatic heterocycles. The molecule has 3 rings (SSSR count). The van der Waals surface area contributed by atoms with Gasteiger partial charge in [-0.05, 0) is 18.6 Å². The van der Waals surface area contributed by atoms with Gasteiger partial charge >= 0.3 is 5.69 Å². The van der Waals surface area contributed by atoms with Crippen LogP contribution < -0.4 is 5.69 Å². The highest BCUT2D eigenvalue weighted by molar-refractivity contribution is 5.74. The van der Waals surface area contributed by atoms with E-state index in [2.05, 4.69) is 9.97 Å². The van der Waals surface area contributed by atoms with Gasteiger partial charge in [0.25, 0.3) is 0 Å². The molecule has 6 heteroatoms. The molecule has 0 atom stereocenters. The Bertz CT molecular complexity index is 833. The van der Waals surface area contributed by atoms with Crippen molar-refractivity contribution < 1.29 is 0 Å². The SMILES string of the molecule is N#Cc1nccn1CCCn1c(=O)[nH]c2ccccc21. The first-order chi connectivity index (χ1) is 9.79. The number of nitrogens with one attached hydrogen (secondary N) is 1. The summed E-state index contributed by atoms with van der Waals surface area (Å²) in [5, 5.41) is 8.88. The average molecular weight is 267 g/mol. The third-order valence-corrected chi connectivity index (χ3v) is 3.28. The minimum absolute atomic E-state index is 0.0997. The molecule has 0 aliphatic heterocycles. The largest absolute Gasteiger partial charge is 0.326 e. The van der Waals surface area contributed by atoms with Crippen molar-refractivity contribution in [3.05, 3.63) is 53.0 Å². The molecule has 0 bridgehead atoms. The number of benzene rings is 1. The van der Waals surface area contributed by atoms with E-state index in [4.69, 9.17) is 5.26 Å². The Balaban J connectivity index is 1.76. The summed E-state index contributed by atoms with van der Waals surface area (Å²) in [5.41, 5.74) is 1.65. The second-order valence-corrected chi connectivity index (χ2v) is 4.51. The van der Waals surface area contributed by atoms with Crippen LogP contribution in [0.25, 0.3) is 11.0 Å². The lowest BCUT2D eigenvalue weighted by Gasteiger charge is -2.05. The van der Waals surface area contributed by atoms with E-state index < -0.39 is 0 Å². The number of para-hydroxylation sites is 2. The number of imidazole rings is 2. The molecule has 6 nitrogen and oxygen atoms in total. The quantitative estimate of drug-likeness (QED) is 0.777. The van der Waals surface area contributed by atoms with Gasteiger partial charge in [0.15, 0.2) is 0 Å². The van der Waals surface area contributed by atoms with E-state index >= 15 is 0 Å². The first kappa shape index (κ1) is 12.2. The van der Waals surface area contributed by atoms with Gasteiger partial charge in [0.05, 0.1) is 11.0 Å². The maximum atomic E-state index is 11.9. The Labute approximate surface area is 114 Å². The zero-order valence-corrected chi connectivity index (χ0v) is 10.8. The van der Waals surface area contributed by atoms with Gasteiger partial charge in [-0.15, -0.1) is 0 Å². The molecule has 3 aromatic rings. The van der Waals surface area contributed by atoms with Gasteiger partial charge in [-0.2, -0.15) is 5.26 Å². The highest BCUT2D eigenvalue weighted by Crippen LogP contribution is 2.09. The number of hydrogen-bond acceptors (Lipinski definition) is 3. The van der Waals surface area contributed by atoms with Crippen LogP contribution in [0.2, 0.25) is 0 Å². The van der Waals surface area contributed by atoms with Gasteiger partial charge in [-0.1, -0.05) is 12.1 Å². The summed E-state index contributed by atoms with van der Waals surface area (Å²) >= 11 is 0. The van der Waals surface area contributed by atoms with Crippen LogP contribution in [0.1, 0.15) is 12.2 Å². The molecule has 0 fully saturated rings. The third kappa shape index (κ3) is 2.10. The molecule has 2 heterocycles. The van der Waals surface area contributed by atoms with Crippen molar-refractivity contribution in [3.8, 4) is 6.07 Å². The zero-order valence-electron chi connectivity index (χ0n) is 10.8. The first-order valence-corrected chi connectivity index (χ1v) is 6.38. The molecular formula is C14H13N5O. The molecule has 0 spiro atoms. The molecule has 0 amide bonds. The van der Waals surface area contributed by atoms with E-state index in [-0.39, 0.29) is 5.69 Å². The van der Waals surface area contributed by atoms with Crippen molar-refractivity contribution >= 4 is 11.0 Å². The fraction of sp³-hybridized carbons (Fsp3) is 0.214. The van der Waals surface area contributed by atoms with Gasteiger partial charge < -0.3 is 9.55 Å². The lowest BCUT2D eigenvalue weighted by molar-refractivity contribution is 0.559. The summed E-state index contributed by atoms with van der Waals surface area (Å²) in [6, 6.07) is 9.65. The normalized spacial score (nSPS) is 10.8. The summed E-state index contributed by atoms with van der Waals surface area (Å²) in [4.78, 5) is 18.7. The van der Waals surface area contributed by atoms with Crippen LogP contribution in [-0.2, 0) is 13.1 Å². The number of aromatic amines is 1. The lowest BCUT2D eigenvalue weighted by Crippen LogP contribution is -2.17. The van der Waals surface area contributed by atoms with Gasteiger partial charge in [-0.3, -0.25) is 4.57 Å². The number of fused-ring (bicyclic) bond motifs is 1. The Morgan fingerprint density at radius 2 is 2.15 bits per heavy atom. The van der Waals surface area contributed by atoms with Crippen LogP contribution in [0.15, 0.2) is 41.5 Å². The van der Waals surface area contributed by atoms with E-state index in [0.29, 0.717) is 18.9 Å². The number of nitriles is 1. The molecule has 0 aliphatic rings. The summed E-state index contributed by atoms with van der Waals surface area (Å²) in [6.45, 7) is 1.26. The number of aryl methyl sites for hydroxylation is 2. The fourth-order valence-electron chi connectivity index (χ4n) is 2.33. The van der Waals surface area contributed by atoms with Crippen LogP contribution in [0.4, 0.5) is 0 Å². The maximum Gasteiger partial charge on any atom is 0.326 e. The Morgan fingerprint density at radius 3 is 3.00 bits per heavy atom. The monoisotopic (exact) mass is 267 g/mol. The summed E-state index contributed by atoms with van der Waals surface area (Å²) in [5.74, 6) is 0.399. The predicted octanol–water partition coefficient (Wildman–Crippen LogP) is 1.49. The Hall–Kier alpha value is -2.81. The van der Waals surface area contributed by atoms with Gasteiger partial charge in [-0.25, -0.2) is 9.78 Å². The third-order valence-electron chi connectivity index (χ3n) is 3.28. The summed E-state index contributed by atoms with van der Waals surface area (Å²) in [6.07, 6.45) is 4.14. The minimum atomic E-state index is -0.0997. The van der Waals surface area contributed by atoms with Crippen molar-refractivity contribution in [3.63, 3.8) is 0 Å². The number of H-pyrrole nitrogens is 1. The molecule has 0 saturated heterocycles. The van der Waals surface area contributed by atoms with Crippen LogP contribution in [0.5, 0.6) is 0 Å². The molecule has 1 aromatic carbocycles. The average Bonchev–Trinajstić information content (AvgIpc) is 3.03. The fourth-order valence-corrected chi connectivity index (χ4v) is 2.33. The molecule has 20 heavy (non-hydrogen) atoms. The zero-order chi connectivity index (χ0) is 13.9. The molecule has 1 N–H and O–H groups in total. The molecule has 0 radical (unpaired) electrons. The Morgan fingerprint density at radius 1 is 1.30 bits per heavy atom. The van der Waals surface area contributed by atoms with Crippen LogP contribution >= 0.6 is 0 Å². The molecule has 0 unspecified atom stereocenters. The highest BCUT2D eigenvalue weighted by Gasteiger charge is 2.06. The van der Waals surface area contributed by atoms with E-state index in [1.54, 1.807) is 21.5 Å². The smallest absolute Gasteiger partial charge is 0.323 e. The van der Waals surface area contributed by atoms with Crippen molar-refractivity contribution in [2.24, 2.45) is 0 Å². The molecule has 0 aliphatic carbocycles. The second kappa shape index (κ2) is 5.05. The second-order valence-electron chi connectivity index (χ2n) is 4.51. The van der Waals surface area contributed by atoms with Crippen LogP contribution in [0, 0.1) is 11.3 Å². The van der Waals surface area contributed by atoms with E-state index in [0.717, 1.165) is 17.5 Å². The predicted molar refractivity (Wildman–Crippen MR) is 74.1 cm³/mol. The topological polar surface area (TPSA) is 79.4 Å². The number of nitrogens with zero attached hydrogens (tertiary/aromatic N) is 4. The summed E-state index contributed by atoms with van der Waals surface area (Å²) < 4.78 is 3.51. The van der Waals surface area contributed by atoms with Crippen molar-refractivity contribution in [1.29, 1.82) is 5.26 Å². The molecule has 100 valence electrons. The maximum absolute atomic E-state index is 11.9. The molecular weight excluding hydrogens is 254 g/mol. The number of aromatic nitrogens is 4. The van der Waals surface area contributed by atoms with E-state index in [9.17, 15) is 4.79 Å². The van der Waals surface area contributed by atoms with Crippen molar-refractivity contribution in [1.82, 2.24) is 19.1 Å². The summed E-state index contributed by atoms with van der Waals surface area (Å²) in [7, 11) is 0. The van der Waals surface area contributed by atoms with Gasteiger partial charge in [0.2, 0.25) is 5.82 Å². The highest BCUT2D eigenvalue weighted by atomic mass is 16.1. The number of hydrogen-bond donors (Lipinski definition) is 1. The van der Waals surface area contributed by atoms with Gasteiger partial charge in [0, 0.05) is 25.5 Å². The Kier molecular flexibility index (Phi) is 3.09.